The average molecular weight is 428 g/mol. The van der Waals surface area contributed by atoms with Gasteiger partial charge in [0.15, 0.2) is 29.2 Å². The molecule has 26 heavy (non-hydrogen) atoms. The number of aromatic nitrogens is 1. The molecule has 11 heteroatoms. The monoisotopic (exact) mass is 426 g/mol. The van der Waals surface area contributed by atoms with Gasteiger partial charge in [-0.05, 0) is 19.1 Å². The first-order valence-corrected chi connectivity index (χ1v) is 7.91. The minimum absolute atomic E-state index is 0.00724. The van der Waals surface area contributed by atoms with E-state index in [0.29, 0.717) is 6.07 Å². The van der Waals surface area contributed by atoms with Crippen molar-refractivity contribution < 1.29 is 27.5 Å². The summed E-state index contributed by atoms with van der Waals surface area (Å²) in [5, 5.41) is 1.58. The smallest absolute Gasteiger partial charge is 0.359 e. The van der Waals surface area contributed by atoms with E-state index in [1.807, 2.05) is 5.32 Å². The summed E-state index contributed by atoms with van der Waals surface area (Å²) in [6.07, 6.45) is -0.379. The lowest BCUT2D eigenvalue weighted by Gasteiger charge is -2.14. The fraction of sp³-hybridized carbons (Fsp3) is 0.133. The number of esters is 1. The Morgan fingerprint density at radius 2 is 1.77 bits per heavy atom. The molecule has 1 amide bonds. The molecule has 0 aliphatic rings. The number of carbonyl (C=O) groups excluding carboxylic acids is 2. The summed E-state index contributed by atoms with van der Waals surface area (Å²) in [5.41, 5.74) is -1.01. The molecule has 1 aromatic heterocycles. The van der Waals surface area contributed by atoms with E-state index >= 15 is 0 Å². The molecular weight excluding hydrogens is 420 g/mol. The zero-order valence-corrected chi connectivity index (χ0v) is 15.0. The quantitative estimate of drug-likeness (QED) is 0.570. The molecule has 1 heterocycles. The van der Waals surface area contributed by atoms with E-state index in [9.17, 15) is 22.8 Å². The maximum absolute atomic E-state index is 13.6. The van der Waals surface area contributed by atoms with E-state index in [0.717, 1.165) is 19.2 Å². The van der Waals surface area contributed by atoms with Gasteiger partial charge in [-0.1, -0.05) is 34.8 Å². The van der Waals surface area contributed by atoms with Gasteiger partial charge in [-0.15, -0.1) is 0 Å². The van der Waals surface area contributed by atoms with Crippen molar-refractivity contribution in [2.24, 2.45) is 0 Å². The molecule has 0 aliphatic carbocycles. The number of benzene rings is 1. The topological polar surface area (TPSA) is 68.3 Å². The third-order valence-corrected chi connectivity index (χ3v) is 4.30. The van der Waals surface area contributed by atoms with Crippen molar-refractivity contribution >= 4 is 52.4 Å². The number of anilines is 1. The SMILES string of the molecule is CC(OC(=O)c1ncc(Cl)c(Cl)c1Cl)C(=O)Nc1ccc(F)c(F)c1F. The van der Waals surface area contributed by atoms with Crippen LogP contribution in [0.5, 0.6) is 0 Å². The molecular formula is C15H8Cl3F3N2O3. The molecule has 2 aromatic rings. The summed E-state index contributed by atoms with van der Waals surface area (Å²) in [5.74, 6) is -6.85. The van der Waals surface area contributed by atoms with Crippen molar-refractivity contribution in [3.63, 3.8) is 0 Å². The van der Waals surface area contributed by atoms with Crippen LogP contribution in [0.15, 0.2) is 18.3 Å². The molecule has 0 radical (unpaired) electrons. The molecule has 1 N–H and O–H groups in total. The second kappa shape index (κ2) is 8.11. The highest BCUT2D eigenvalue weighted by Crippen LogP contribution is 2.31. The van der Waals surface area contributed by atoms with Crippen LogP contribution in [0.2, 0.25) is 15.1 Å². The molecule has 0 fully saturated rings. The summed E-state index contributed by atoms with van der Waals surface area (Å²) >= 11 is 17.3. The van der Waals surface area contributed by atoms with Gasteiger partial charge in [0, 0.05) is 6.20 Å². The van der Waals surface area contributed by atoms with Crippen molar-refractivity contribution in [3.8, 4) is 0 Å². The number of ether oxygens (including phenoxy) is 1. The Morgan fingerprint density at radius 3 is 2.42 bits per heavy atom. The molecule has 0 saturated carbocycles. The minimum Gasteiger partial charge on any atom is -0.448 e. The van der Waals surface area contributed by atoms with Crippen molar-refractivity contribution in [3.05, 3.63) is 56.5 Å². The second-order valence-corrected chi connectivity index (χ2v) is 6.01. The highest BCUT2D eigenvalue weighted by molar-refractivity contribution is 6.48. The Labute approximate surface area is 160 Å². The fourth-order valence-electron chi connectivity index (χ4n) is 1.71. The Balaban J connectivity index is 2.11. The number of hydrogen-bond acceptors (Lipinski definition) is 4. The van der Waals surface area contributed by atoms with Gasteiger partial charge < -0.3 is 10.1 Å². The summed E-state index contributed by atoms with van der Waals surface area (Å²) in [4.78, 5) is 27.7. The third-order valence-electron chi connectivity index (χ3n) is 3.06. The van der Waals surface area contributed by atoms with Crippen molar-refractivity contribution in [1.29, 1.82) is 0 Å². The van der Waals surface area contributed by atoms with E-state index in [1.54, 1.807) is 0 Å². The van der Waals surface area contributed by atoms with Gasteiger partial charge >= 0.3 is 5.97 Å². The first-order valence-electron chi connectivity index (χ1n) is 6.78. The number of hydrogen-bond donors (Lipinski definition) is 1. The van der Waals surface area contributed by atoms with Crippen molar-refractivity contribution in [2.45, 2.75) is 13.0 Å². The molecule has 0 saturated heterocycles. The zero-order chi connectivity index (χ0) is 19.6. The van der Waals surface area contributed by atoms with Crippen LogP contribution in [0, 0.1) is 17.5 Å². The lowest BCUT2D eigenvalue weighted by molar-refractivity contribution is -0.123. The Hall–Kier alpha value is -2.03. The number of nitrogens with zero attached hydrogens (tertiary/aromatic N) is 1. The normalized spacial score (nSPS) is 11.8. The van der Waals surface area contributed by atoms with E-state index in [4.69, 9.17) is 39.5 Å². The van der Waals surface area contributed by atoms with Crippen LogP contribution >= 0.6 is 34.8 Å². The van der Waals surface area contributed by atoms with Crippen LogP contribution in [-0.4, -0.2) is 23.0 Å². The van der Waals surface area contributed by atoms with Crippen LogP contribution in [0.3, 0.4) is 0 Å². The van der Waals surface area contributed by atoms with E-state index < -0.39 is 41.1 Å². The highest BCUT2D eigenvalue weighted by Gasteiger charge is 2.25. The minimum atomic E-state index is -1.75. The van der Waals surface area contributed by atoms with E-state index in [1.165, 1.54) is 0 Å². The Morgan fingerprint density at radius 1 is 1.12 bits per heavy atom. The zero-order valence-electron chi connectivity index (χ0n) is 12.7. The Bertz CT molecular complexity index is 896. The van der Waals surface area contributed by atoms with Gasteiger partial charge in [0.05, 0.1) is 20.8 Å². The summed E-state index contributed by atoms with van der Waals surface area (Å²) in [7, 11) is 0. The molecule has 5 nitrogen and oxygen atoms in total. The molecule has 2 rings (SSSR count). The Kier molecular flexibility index (Phi) is 6.33. The van der Waals surface area contributed by atoms with Crippen LogP contribution in [-0.2, 0) is 9.53 Å². The first-order chi connectivity index (χ1) is 12.1. The van der Waals surface area contributed by atoms with Crippen molar-refractivity contribution in [2.75, 3.05) is 5.32 Å². The largest absolute Gasteiger partial charge is 0.448 e. The van der Waals surface area contributed by atoms with Crippen LogP contribution in [0.4, 0.5) is 18.9 Å². The van der Waals surface area contributed by atoms with Gasteiger partial charge in [0.2, 0.25) is 0 Å². The van der Waals surface area contributed by atoms with Gasteiger partial charge in [0.25, 0.3) is 5.91 Å². The van der Waals surface area contributed by atoms with Gasteiger partial charge in [-0.25, -0.2) is 22.9 Å². The van der Waals surface area contributed by atoms with Crippen molar-refractivity contribution in [1.82, 2.24) is 4.98 Å². The number of rotatable bonds is 4. The number of halogens is 6. The summed E-state index contributed by atoms with van der Waals surface area (Å²) in [6.45, 7) is 1.16. The molecule has 138 valence electrons. The predicted octanol–water partition coefficient (Wildman–Crippen LogP) is 4.64. The number of amides is 1. The van der Waals surface area contributed by atoms with Gasteiger partial charge in [0.1, 0.15) is 0 Å². The second-order valence-electron chi connectivity index (χ2n) is 4.84. The third kappa shape index (κ3) is 4.20. The molecule has 1 atom stereocenters. The van der Waals surface area contributed by atoms with Gasteiger partial charge in [-0.3, -0.25) is 4.79 Å². The number of nitrogens with one attached hydrogen (secondary N) is 1. The molecule has 1 unspecified atom stereocenters. The lowest BCUT2D eigenvalue weighted by Crippen LogP contribution is -2.30. The summed E-state index contributed by atoms with van der Waals surface area (Å²) in [6, 6.07) is 1.45. The average Bonchev–Trinajstić information content (AvgIpc) is 2.60. The molecule has 0 bridgehead atoms. The first kappa shape index (κ1) is 20.3. The molecule has 0 aliphatic heterocycles. The van der Waals surface area contributed by atoms with Crippen LogP contribution < -0.4 is 5.32 Å². The fourth-order valence-corrected chi connectivity index (χ4v) is 2.27. The van der Waals surface area contributed by atoms with Crippen LogP contribution in [0.1, 0.15) is 17.4 Å². The number of carbonyl (C=O) groups is 2. The van der Waals surface area contributed by atoms with E-state index in [2.05, 4.69) is 4.98 Å². The summed E-state index contributed by atoms with van der Waals surface area (Å²) < 4.78 is 44.4. The standard InChI is InChI=1S/C15H8Cl3F3N2O3/c1-5(14(24)23-8-3-2-7(19)11(20)12(8)21)26-15(25)13-10(18)9(17)6(16)4-22-13/h2-5H,1H3,(H,23,24). The maximum Gasteiger partial charge on any atom is 0.359 e. The highest BCUT2D eigenvalue weighted by atomic mass is 35.5. The molecule has 0 spiro atoms. The number of pyridine rings is 1. The maximum atomic E-state index is 13.6. The lowest BCUT2D eigenvalue weighted by atomic mass is 10.2. The predicted molar refractivity (Wildman–Crippen MR) is 89.1 cm³/mol. The van der Waals surface area contributed by atoms with Crippen LogP contribution in [0.25, 0.3) is 0 Å². The molecule has 1 aromatic carbocycles. The van der Waals surface area contributed by atoms with Gasteiger partial charge in [-0.2, -0.15) is 0 Å². The van der Waals surface area contributed by atoms with E-state index in [-0.39, 0.29) is 20.8 Å².